The van der Waals surface area contributed by atoms with Crippen LogP contribution in [0.4, 0.5) is 0 Å². The Kier molecular flexibility index (Phi) is 4.69. The summed E-state index contributed by atoms with van der Waals surface area (Å²) in [6.45, 7) is 1.85. The first-order valence-electron chi connectivity index (χ1n) is 6.20. The number of hydrogen-bond donors (Lipinski definition) is 0. The van der Waals surface area contributed by atoms with Crippen molar-refractivity contribution in [1.29, 1.82) is 0 Å². The van der Waals surface area contributed by atoms with Crippen LogP contribution in [-0.2, 0) is 9.53 Å². The minimum Gasteiger partial charge on any atom is -0.460 e. The van der Waals surface area contributed by atoms with E-state index < -0.39 is 11.8 Å². The topological polar surface area (TPSA) is 43.4 Å². The van der Waals surface area contributed by atoms with E-state index in [1.165, 1.54) is 0 Å². The Morgan fingerprint density at radius 3 is 2.35 bits per heavy atom. The van der Waals surface area contributed by atoms with E-state index in [0.29, 0.717) is 10.0 Å². The molecular formula is C16H13BrO3. The molecule has 2 rings (SSSR count). The number of rotatable bonds is 4. The van der Waals surface area contributed by atoms with Crippen LogP contribution in [0.3, 0.4) is 0 Å². The van der Waals surface area contributed by atoms with E-state index in [-0.39, 0.29) is 6.61 Å². The first-order valence-corrected chi connectivity index (χ1v) is 6.99. The Morgan fingerprint density at radius 2 is 1.75 bits per heavy atom. The maximum Gasteiger partial charge on any atom is 0.379 e. The molecule has 0 unspecified atom stereocenters. The summed E-state index contributed by atoms with van der Waals surface area (Å²) < 4.78 is 5.30. The standard InChI is InChI=1S/C16H13BrO3/c1-2-20-16(19)15(18)13-9-8-12(10-14(13)17)11-6-4-3-5-7-11/h3-10H,2H2,1H3. The van der Waals surface area contributed by atoms with Gasteiger partial charge in [0.2, 0.25) is 0 Å². The van der Waals surface area contributed by atoms with Crippen molar-refractivity contribution >= 4 is 27.7 Å². The molecule has 0 aromatic heterocycles. The summed E-state index contributed by atoms with van der Waals surface area (Å²) in [6.07, 6.45) is 0. The first kappa shape index (κ1) is 14.5. The van der Waals surface area contributed by atoms with Crippen LogP contribution in [0.1, 0.15) is 17.3 Å². The Balaban J connectivity index is 2.31. The zero-order valence-electron chi connectivity index (χ0n) is 10.9. The lowest BCUT2D eigenvalue weighted by atomic mass is 10.0. The molecule has 0 amide bonds. The molecule has 2 aromatic rings. The van der Waals surface area contributed by atoms with E-state index in [1.54, 1.807) is 13.0 Å². The molecule has 102 valence electrons. The second-order valence-electron chi connectivity index (χ2n) is 4.11. The number of esters is 1. The monoisotopic (exact) mass is 332 g/mol. The summed E-state index contributed by atoms with van der Waals surface area (Å²) >= 11 is 3.34. The molecule has 0 spiro atoms. The van der Waals surface area contributed by atoms with Crippen molar-refractivity contribution < 1.29 is 14.3 Å². The molecule has 0 aliphatic carbocycles. The molecule has 2 aromatic carbocycles. The fourth-order valence-electron chi connectivity index (χ4n) is 1.82. The van der Waals surface area contributed by atoms with Crippen LogP contribution in [0, 0.1) is 0 Å². The molecule has 0 heterocycles. The largest absolute Gasteiger partial charge is 0.460 e. The lowest BCUT2D eigenvalue weighted by molar-refractivity contribution is -0.137. The van der Waals surface area contributed by atoms with Crippen LogP contribution in [0.25, 0.3) is 11.1 Å². The average molecular weight is 333 g/mol. The van der Waals surface area contributed by atoms with Gasteiger partial charge in [-0.2, -0.15) is 0 Å². The van der Waals surface area contributed by atoms with Gasteiger partial charge in [-0.25, -0.2) is 4.79 Å². The van der Waals surface area contributed by atoms with Gasteiger partial charge in [0.1, 0.15) is 0 Å². The minimum atomic E-state index is -0.833. The number of carbonyl (C=O) groups excluding carboxylic acids is 2. The number of Topliss-reactive ketones (excluding diaryl/α,β-unsaturated/α-hetero) is 1. The lowest BCUT2D eigenvalue weighted by Crippen LogP contribution is -2.17. The van der Waals surface area contributed by atoms with Crippen molar-refractivity contribution in [2.75, 3.05) is 6.61 Å². The van der Waals surface area contributed by atoms with Crippen molar-refractivity contribution in [1.82, 2.24) is 0 Å². The predicted molar refractivity (Wildman–Crippen MR) is 80.5 cm³/mol. The van der Waals surface area contributed by atoms with Gasteiger partial charge in [0.15, 0.2) is 0 Å². The second kappa shape index (κ2) is 6.48. The van der Waals surface area contributed by atoms with Gasteiger partial charge in [0.05, 0.1) is 6.61 Å². The maximum absolute atomic E-state index is 11.9. The summed E-state index contributed by atoms with van der Waals surface area (Å²) in [6, 6.07) is 15.1. The molecule has 0 fully saturated rings. The normalized spacial score (nSPS) is 10.1. The zero-order valence-corrected chi connectivity index (χ0v) is 12.5. The molecule has 0 radical (unpaired) electrons. The fourth-order valence-corrected chi connectivity index (χ4v) is 2.37. The van der Waals surface area contributed by atoms with Crippen molar-refractivity contribution in [3.05, 3.63) is 58.6 Å². The van der Waals surface area contributed by atoms with Crippen molar-refractivity contribution in [2.45, 2.75) is 6.92 Å². The Labute approximate surface area is 125 Å². The van der Waals surface area contributed by atoms with E-state index in [9.17, 15) is 9.59 Å². The lowest BCUT2D eigenvalue weighted by Gasteiger charge is -2.06. The highest BCUT2D eigenvalue weighted by molar-refractivity contribution is 9.10. The summed E-state index contributed by atoms with van der Waals surface area (Å²) in [5.41, 5.74) is 2.32. The Morgan fingerprint density at radius 1 is 1.05 bits per heavy atom. The first-order chi connectivity index (χ1) is 9.63. The smallest absolute Gasteiger partial charge is 0.379 e. The van der Waals surface area contributed by atoms with Gasteiger partial charge in [-0.15, -0.1) is 0 Å². The SMILES string of the molecule is CCOC(=O)C(=O)c1ccc(-c2ccccc2)cc1Br. The predicted octanol–water partition coefficient (Wildman–Crippen LogP) is 3.86. The number of carbonyl (C=O) groups is 2. The third-order valence-electron chi connectivity index (χ3n) is 2.78. The van der Waals surface area contributed by atoms with Crippen molar-refractivity contribution in [3.8, 4) is 11.1 Å². The van der Waals surface area contributed by atoms with Gasteiger partial charge in [-0.05, 0) is 30.2 Å². The molecule has 0 aliphatic rings. The molecule has 4 heteroatoms. The van der Waals surface area contributed by atoms with E-state index in [4.69, 9.17) is 4.74 Å². The maximum atomic E-state index is 11.9. The molecule has 0 saturated carbocycles. The van der Waals surface area contributed by atoms with Crippen molar-refractivity contribution in [3.63, 3.8) is 0 Å². The van der Waals surface area contributed by atoms with Gasteiger partial charge in [-0.1, -0.05) is 52.3 Å². The molecule has 0 N–H and O–H groups in total. The van der Waals surface area contributed by atoms with Gasteiger partial charge in [-0.3, -0.25) is 4.79 Å². The molecule has 20 heavy (non-hydrogen) atoms. The highest BCUT2D eigenvalue weighted by atomic mass is 79.9. The fraction of sp³-hybridized carbons (Fsp3) is 0.125. The quantitative estimate of drug-likeness (QED) is 0.485. The van der Waals surface area contributed by atoms with E-state index in [2.05, 4.69) is 15.9 Å². The molecular weight excluding hydrogens is 320 g/mol. The minimum absolute atomic E-state index is 0.185. The van der Waals surface area contributed by atoms with Crippen LogP contribution >= 0.6 is 15.9 Å². The number of ether oxygens (including phenoxy) is 1. The number of halogens is 1. The second-order valence-corrected chi connectivity index (χ2v) is 4.96. The number of hydrogen-bond acceptors (Lipinski definition) is 3. The van der Waals surface area contributed by atoms with Crippen LogP contribution in [0.5, 0.6) is 0 Å². The Hall–Kier alpha value is -1.94. The van der Waals surface area contributed by atoms with Crippen LogP contribution < -0.4 is 0 Å². The third kappa shape index (κ3) is 3.14. The highest BCUT2D eigenvalue weighted by Crippen LogP contribution is 2.26. The molecule has 0 atom stereocenters. The van der Waals surface area contributed by atoms with E-state index >= 15 is 0 Å². The third-order valence-corrected chi connectivity index (χ3v) is 3.44. The van der Waals surface area contributed by atoms with E-state index in [1.807, 2.05) is 42.5 Å². The van der Waals surface area contributed by atoms with Crippen LogP contribution in [-0.4, -0.2) is 18.4 Å². The molecule has 3 nitrogen and oxygen atoms in total. The van der Waals surface area contributed by atoms with E-state index in [0.717, 1.165) is 11.1 Å². The van der Waals surface area contributed by atoms with Gasteiger partial charge in [0.25, 0.3) is 5.78 Å². The zero-order chi connectivity index (χ0) is 14.5. The summed E-state index contributed by atoms with van der Waals surface area (Å²) in [5.74, 6) is -1.47. The molecule has 0 bridgehead atoms. The van der Waals surface area contributed by atoms with Gasteiger partial charge >= 0.3 is 5.97 Å². The van der Waals surface area contributed by atoms with Crippen LogP contribution in [0.2, 0.25) is 0 Å². The number of ketones is 1. The summed E-state index contributed by atoms with van der Waals surface area (Å²) in [7, 11) is 0. The highest BCUT2D eigenvalue weighted by Gasteiger charge is 2.20. The molecule has 0 saturated heterocycles. The Bertz CT molecular complexity index is 635. The van der Waals surface area contributed by atoms with Gasteiger partial charge < -0.3 is 4.74 Å². The average Bonchev–Trinajstić information content (AvgIpc) is 2.47. The van der Waals surface area contributed by atoms with Crippen LogP contribution in [0.15, 0.2) is 53.0 Å². The van der Waals surface area contributed by atoms with Crippen molar-refractivity contribution in [2.24, 2.45) is 0 Å². The van der Waals surface area contributed by atoms with Gasteiger partial charge in [0, 0.05) is 10.0 Å². The number of benzene rings is 2. The summed E-state index contributed by atoms with van der Waals surface area (Å²) in [5, 5.41) is 0. The summed E-state index contributed by atoms with van der Waals surface area (Å²) in [4.78, 5) is 23.4. The molecule has 0 aliphatic heterocycles.